The summed E-state index contributed by atoms with van der Waals surface area (Å²) < 4.78 is 11.6. The second-order valence-corrected chi connectivity index (χ2v) is 8.81. The van der Waals surface area contributed by atoms with E-state index in [9.17, 15) is 4.79 Å². The minimum absolute atomic E-state index is 0.208. The van der Waals surface area contributed by atoms with Crippen LogP contribution in [0.5, 0.6) is 5.75 Å². The normalized spacial score (nSPS) is 11.5. The number of anilines is 2. The molecule has 1 heterocycles. The molecule has 0 fully saturated rings. The van der Waals surface area contributed by atoms with Crippen LogP contribution < -0.4 is 15.0 Å². The number of aryl methyl sites for hydroxylation is 1. The lowest BCUT2D eigenvalue weighted by atomic mass is 9.96. The van der Waals surface area contributed by atoms with E-state index in [0.717, 1.165) is 50.2 Å². The van der Waals surface area contributed by atoms with Crippen LogP contribution in [-0.4, -0.2) is 27.1 Å². The number of allylic oxidation sites excluding steroid dienone is 1. The van der Waals surface area contributed by atoms with E-state index in [1.54, 1.807) is 19.4 Å². The molecule has 0 spiro atoms. The Morgan fingerprint density at radius 3 is 2.38 bits per heavy atom. The number of fused-ring (bicyclic) bond motifs is 1. The summed E-state index contributed by atoms with van der Waals surface area (Å²) in [6, 6.07) is 17.3. The molecule has 0 unspecified atom stereocenters. The Kier molecular flexibility index (Phi) is 6.66. The molecule has 0 saturated heterocycles. The molecule has 174 valence electrons. The third-order valence-electron chi connectivity index (χ3n) is 5.83. The summed E-state index contributed by atoms with van der Waals surface area (Å²) in [5.41, 5.74) is 7.00. The van der Waals surface area contributed by atoms with Gasteiger partial charge in [0, 0.05) is 58.6 Å². The van der Waals surface area contributed by atoms with Crippen molar-refractivity contribution in [3.05, 3.63) is 83.1 Å². The van der Waals surface area contributed by atoms with Crippen LogP contribution in [-0.2, 0) is 4.79 Å². The molecule has 1 aromatic heterocycles. The molecule has 0 saturated carbocycles. The standard InChI is InChI=1S/C28H27ClN2O3/c1-17(14-26(32)30-21-10-12-22(13-11-21)31(3)4)23-15-24-25(19-6-8-20(29)9-7-19)16-34-28(24)18(2)27(23)33-5/h6-16H,1-5H3,(H,30,32)/b17-14+. The van der Waals surface area contributed by atoms with Gasteiger partial charge in [0.05, 0.1) is 13.4 Å². The molecular weight excluding hydrogens is 448 g/mol. The maximum absolute atomic E-state index is 12.8. The lowest BCUT2D eigenvalue weighted by Gasteiger charge is -2.14. The highest BCUT2D eigenvalue weighted by atomic mass is 35.5. The number of methoxy groups -OCH3 is 1. The molecule has 4 rings (SSSR count). The van der Waals surface area contributed by atoms with Gasteiger partial charge in [-0.1, -0.05) is 23.7 Å². The van der Waals surface area contributed by atoms with E-state index in [2.05, 4.69) is 5.32 Å². The number of amides is 1. The summed E-state index contributed by atoms with van der Waals surface area (Å²) in [6.45, 7) is 3.86. The number of ether oxygens (including phenoxy) is 1. The molecule has 1 amide bonds. The van der Waals surface area contributed by atoms with Gasteiger partial charge in [-0.25, -0.2) is 0 Å². The number of nitrogens with one attached hydrogen (secondary N) is 1. The largest absolute Gasteiger partial charge is 0.496 e. The topological polar surface area (TPSA) is 54.7 Å². The highest BCUT2D eigenvalue weighted by Gasteiger charge is 2.19. The Bertz CT molecular complexity index is 1370. The maximum Gasteiger partial charge on any atom is 0.248 e. The molecule has 0 atom stereocenters. The SMILES string of the molecule is COc1c(/C(C)=C/C(=O)Nc2ccc(N(C)C)cc2)cc2c(-c3ccc(Cl)cc3)coc2c1C. The van der Waals surface area contributed by atoms with Crippen LogP contribution in [0.15, 0.2) is 71.4 Å². The first-order valence-electron chi connectivity index (χ1n) is 10.9. The van der Waals surface area contributed by atoms with Gasteiger partial charge in [0.15, 0.2) is 0 Å². The zero-order chi connectivity index (χ0) is 24.4. The van der Waals surface area contributed by atoms with Gasteiger partial charge >= 0.3 is 0 Å². The monoisotopic (exact) mass is 474 g/mol. The van der Waals surface area contributed by atoms with Crippen LogP contribution in [0.25, 0.3) is 27.7 Å². The fraction of sp³-hybridized carbons (Fsp3) is 0.179. The van der Waals surface area contributed by atoms with Crippen molar-refractivity contribution in [2.75, 3.05) is 31.4 Å². The first kappa shape index (κ1) is 23.5. The Morgan fingerprint density at radius 2 is 1.76 bits per heavy atom. The van der Waals surface area contributed by atoms with Gasteiger partial charge in [-0.05, 0) is 67.4 Å². The minimum Gasteiger partial charge on any atom is -0.496 e. The average Bonchev–Trinajstić information content (AvgIpc) is 3.24. The molecule has 0 aliphatic rings. The van der Waals surface area contributed by atoms with Crippen LogP contribution in [0, 0.1) is 6.92 Å². The van der Waals surface area contributed by atoms with Gasteiger partial charge in [-0.3, -0.25) is 4.79 Å². The molecule has 0 radical (unpaired) electrons. The Hall–Kier alpha value is -3.70. The van der Waals surface area contributed by atoms with Gasteiger partial charge in [0.2, 0.25) is 5.91 Å². The second kappa shape index (κ2) is 9.65. The van der Waals surface area contributed by atoms with Crippen molar-refractivity contribution in [1.29, 1.82) is 0 Å². The lowest BCUT2D eigenvalue weighted by Crippen LogP contribution is -2.10. The van der Waals surface area contributed by atoms with Crippen LogP contribution in [0.4, 0.5) is 11.4 Å². The van der Waals surface area contributed by atoms with Crippen molar-refractivity contribution < 1.29 is 13.9 Å². The van der Waals surface area contributed by atoms with Crippen LogP contribution in [0.3, 0.4) is 0 Å². The molecule has 1 N–H and O–H groups in total. The number of carbonyl (C=O) groups is 1. The van der Waals surface area contributed by atoms with Gasteiger partial charge in [0.1, 0.15) is 11.3 Å². The summed E-state index contributed by atoms with van der Waals surface area (Å²) >= 11 is 6.06. The van der Waals surface area contributed by atoms with Crippen LogP contribution in [0.1, 0.15) is 18.1 Å². The van der Waals surface area contributed by atoms with E-state index in [4.69, 9.17) is 20.8 Å². The minimum atomic E-state index is -0.208. The van der Waals surface area contributed by atoms with E-state index in [-0.39, 0.29) is 5.91 Å². The number of furan rings is 1. The highest BCUT2D eigenvalue weighted by Crippen LogP contribution is 2.40. The molecule has 0 aliphatic heterocycles. The molecular formula is C28H27ClN2O3. The predicted molar refractivity (Wildman–Crippen MR) is 141 cm³/mol. The molecule has 5 nitrogen and oxygen atoms in total. The summed E-state index contributed by atoms with van der Waals surface area (Å²) in [4.78, 5) is 14.8. The lowest BCUT2D eigenvalue weighted by molar-refractivity contribution is -0.111. The third kappa shape index (κ3) is 4.66. The maximum atomic E-state index is 12.8. The summed E-state index contributed by atoms with van der Waals surface area (Å²) in [5.74, 6) is 0.474. The van der Waals surface area contributed by atoms with Crippen molar-refractivity contribution in [3.8, 4) is 16.9 Å². The van der Waals surface area contributed by atoms with Crippen LogP contribution >= 0.6 is 11.6 Å². The van der Waals surface area contributed by atoms with E-state index in [1.807, 2.05) is 87.4 Å². The van der Waals surface area contributed by atoms with Crippen LogP contribution in [0.2, 0.25) is 5.02 Å². The quantitative estimate of drug-likeness (QED) is 0.301. The number of rotatable bonds is 6. The Morgan fingerprint density at radius 1 is 1.09 bits per heavy atom. The number of benzene rings is 3. The number of carbonyl (C=O) groups excluding carboxylic acids is 1. The smallest absolute Gasteiger partial charge is 0.248 e. The van der Waals surface area contributed by atoms with E-state index >= 15 is 0 Å². The molecule has 3 aromatic carbocycles. The summed E-state index contributed by atoms with van der Waals surface area (Å²) in [5, 5.41) is 4.55. The number of hydrogen-bond acceptors (Lipinski definition) is 4. The van der Waals surface area contributed by atoms with Gasteiger partial charge in [-0.2, -0.15) is 0 Å². The fourth-order valence-electron chi connectivity index (χ4n) is 4.02. The zero-order valence-corrected chi connectivity index (χ0v) is 20.7. The van der Waals surface area contributed by atoms with Gasteiger partial charge in [-0.15, -0.1) is 0 Å². The first-order chi connectivity index (χ1) is 16.3. The fourth-order valence-corrected chi connectivity index (χ4v) is 4.15. The van der Waals surface area contributed by atoms with E-state index in [0.29, 0.717) is 10.8 Å². The molecule has 0 aliphatic carbocycles. The molecule has 6 heteroatoms. The number of nitrogens with zero attached hydrogens (tertiary/aromatic N) is 1. The van der Waals surface area contributed by atoms with Gasteiger partial charge < -0.3 is 19.4 Å². The van der Waals surface area contributed by atoms with E-state index in [1.165, 1.54) is 0 Å². The first-order valence-corrected chi connectivity index (χ1v) is 11.3. The molecule has 4 aromatic rings. The summed E-state index contributed by atoms with van der Waals surface area (Å²) in [7, 11) is 5.58. The van der Waals surface area contributed by atoms with Crippen molar-refractivity contribution >= 4 is 45.4 Å². The number of halogens is 1. The van der Waals surface area contributed by atoms with Crippen molar-refractivity contribution in [2.45, 2.75) is 13.8 Å². The van der Waals surface area contributed by atoms with E-state index < -0.39 is 0 Å². The predicted octanol–water partition coefficient (Wildman–Crippen LogP) is 7.18. The average molecular weight is 475 g/mol. The third-order valence-corrected chi connectivity index (χ3v) is 6.08. The zero-order valence-electron chi connectivity index (χ0n) is 19.9. The molecule has 34 heavy (non-hydrogen) atoms. The Labute approximate surface area is 204 Å². The van der Waals surface area contributed by atoms with Crippen molar-refractivity contribution in [1.82, 2.24) is 0 Å². The van der Waals surface area contributed by atoms with Gasteiger partial charge in [0.25, 0.3) is 0 Å². The number of hydrogen-bond donors (Lipinski definition) is 1. The Balaban J connectivity index is 1.70. The van der Waals surface area contributed by atoms with Crippen molar-refractivity contribution in [2.24, 2.45) is 0 Å². The molecule has 0 bridgehead atoms. The van der Waals surface area contributed by atoms with Crippen molar-refractivity contribution in [3.63, 3.8) is 0 Å². The highest BCUT2D eigenvalue weighted by molar-refractivity contribution is 6.30. The second-order valence-electron chi connectivity index (χ2n) is 8.37. The summed E-state index contributed by atoms with van der Waals surface area (Å²) in [6.07, 6.45) is 3.33.